The molecule has 0 saturated heterocycles. The zero-order valence-electron chi connectivity index (χ0n) is 22.8. The van der Waals surface area contributed by atoms with Gasteiger partial charge in [0.15, 0.2) is 5.75 Å². The quantitative estimate of drug-likeness (QED) is 0.0888. The first kappa shape index (κ1) is 30.6. The van der Waals surface area contributed by atoms with E-state index in [-0.39, 0.29) is 17.0 Å². The molecule has 1 amide bonds. The van der Waals surface area contributed by atoms with E-state index in [9.17, 15) is 35.8 Å². The van der Waals surface area contributed by atoms with Crippen molar-refractivity contribution in [1.29, 1.82) is 0 Å². The van der Waals surface area contributed by atoms with Gasteiger partial charge in [-0.25, -0.2) is 0 Å². The summed E-state index contributed by atoms with van der Waals surface area (Å²) in [6.07, 6.45) is 1.20. The van der Waals surface area contributed by atoms with Crippen LogP contribution in [0, 0.1) is 13.8 Å². The number of hydrogen-bond acceptors (Lipinski definition) is 9. The summed E-state index contributed by atoms with van der Waals surface area (Å²) in [7, 11) is -10.00. The summed E-state index contributed by atoms with van der Waals surface area (Å²) in [5, 5.41) is 21.2. The fourth-order valence-electron chi connectivity index (χ4n) is 4.44. The van der Waals surface area contributed by atoms with Crippen LogP contribution < -0.4 is 11.1 Å². The molecule has 4 rings (SSSR count). The number of nitrogens with one attached hydrogen (secondary N) is 1. The minimum absolute atomic E-state index is 0.0446. The van der Waals surface area contributed by atoms with Crippen LogP contribution in [0.3, 0.4) is 0 Å². The Morgan fingerprint density at radius 3 is 1.98 bits per heavy atom. The number of fused-ring (bicyclic) bond motifs is 1. The van der Waals surface area contributed by atoms with Gasteiger partial charge in [-0.3, -0.25) is 13.9 Å². The first-order chi connectivity index (χ1) is 19.6. The van der Waals surface area contributed by atoms with E-state index in [1.807, 2.05) is 44.2 Å². The van der Waals surface area contributed by atoms with E-state index in [0.29, 0.717) is 18.2 Å². The molecular formula is C28H28N4O8S2. The topological polar surface area (TPSA) is 209 Å². The zero-order chi connectivity index (χ0) is 31.0. The number of amides is 1. The van der Waals surface area contributed by atoms with Crippen LogP contribution in [0.5, 0.6) is 5.75 Å². The summed E-state index contributed by atoms with van der Waals surface area (Å²) < 4.78 is 66.6. The summed E-state index contributed by atoms with van der Waals surface area (Å²) in [6.45, 7) is 5.64. The number of hydrogen-bond donors (Lipinski definition) is 5. The number of aromatic hydroxyl groups is 1. The normalized spacial score (nSPS) is 12.2. The smallest absolute Gasteiger partial charge is 0.296 e. The molecule has 0 aromatic heterocycles. The van der Waals surface area contributed by atoms with Crippen LogP contribution in [0.4, 0.5) is 22.7 Å². The predicted octanol–water partition coefficient (Wildman–Crippen LogP) is 6.06. The average molecular weight is 613 g/mol. The van der Waals surface area contributed by atoms with Gasteiger partial charge in [0.25, 0.3) is 20.2 Å². The molecule has 0 aliphatic carbocycles. The number of rotatable bonds is 8. The monoisotopic (exact) mass is 612 g/mol. The second-order valence-corrected chi connectivity index (χ2v) is 12.4. The maximum absolute atomic E-state index is 12.0. The number of anilines is 2. The van der Waals surface area contributed by atoms with Crippen molar-refractivity contribution in [3.8, 4) is 16.9 Å². The van der Waals surface area contributed by atoms with Gasteiger partial charge in [-0.05, 0) is 78.9 Å². The molecule has 0 fully saturated rings. The first-order valence-corrected chi connectivity index (χ1v) is 15.5. The summed E-state index contributed by atoms with van der Waals surface area (Å²) >= 11 is 0. The molecule has 220 valence electrons. The Bertz CT molecular complexity index is 1990. The van der Waals surface area contributed by atoms with Crippen LogP contribution in [0.1, 0.15) is 30.9 Å². The van der Waals surface area contributed by atoms with Crippen LogP contribution in [0.15, 0.2) is 74.6 Å². The molecule has 0 unspecified atom stereocenters. The van der Waals surface area contributed by atoms with Crippen molar-refractivity contribution >= 4 is 59.7 Å². The minimum atomic E-state index is -5.02. The molecule has 0 aliphatic heterocycles. The van der Waals surface area contributed by atoms with Gasteiger partial charge in [-0.15, -0.1) is 5.11 Å². The van der Waals surface area contributed by atoms with E-state index in [2.05, 4.69) is 15.5 Å². The molecule has 4 aromatic carbocycles. The second kappa shape index (κ2) is 11.5. The molecule has 12 nitrogen and oxygen atoms in total. The Balaban J connectivity index is 1.70. The highest BCUT2D eigenvalue weighted by Crippen LogP contribution is 2.43. The molecule has 0 bridgehead atoms. The fraction of sp³-hybridized carbons (Fsp3) is 0.179. The van der Waals surface area contributed by atoms with Gasteiger partial charge in [0.05, 0.1) is 16.8 Å². The highest BCUT2D eigenvalue weighted by Gasteiger charge is 2.26. The number of nitrogens with two attached hydrogens (primary N) is 1. The van der Waals surface area contributed by atoms with Crippen molar-refractivity contribution in [3.63, 3.8) is 0 Å². The SMILES string of the molecule is CCCC(=O)Nc1ccc(-c2ccc(N=Nc3ccc4c(S(=O)(=O)O)cc(S(=O)(=O)O)c(N)c4c3O)c(C)c2)cc1C. The Morgan fingerprint density at radius 2 is 1.40 bits per heavy atom. The van der Waals surface area contributed by atoms with Crippen LogP contribution >= 0.6 is 0 Å². The Morgan fingerprint density at radius 1 is 0.833 bits per heavy atom. The van der Waals surface area contributed by atoms with Crippen molar-refractivity contribution in [3.05, 3.63) is 65.7 Å². The maximum atomic E-state index is 12.0. The fourth-order valence-corrected chi connectivity index (χ4v) is 5.88. The standard InChI is InChI=1S/C28H28N4O8S2/c1-4-5-25(33)30-20-9-6-17(12-15(20)2)18-7-10-21(16(3)13-18)31-32-22-11-8-19-23(41(35,36)37)14-24(42(38,39)40)27(29)26(19)28(22)34/h6-14,34H,4-5,29H2,1-3H3,(H,30,33)(H,35,36,37)(H,38,39,40). The number of aryl methyl sites for hydroxylation is 2. The van der Waals surface area contributed by atoms with Crippen molar-refractivity contribution < 1.29 is 35.8 Å². The second-order valence-electron chi connectivity index (χ2n) is 9.62. The highest BCUT2D eigenvalue weighted by atomic mass is 32.2. The average Bonchev–Trinajstić information content (AvgIpc) is 2.88. The van der Waals surface area contributed by atoms with E-state index in [4.69, 9.17) is 5.73 Å². The van der Waals surface area contributed by atoms with Gasteiger partial charge in [0.2, 0.25) is 5.91 Å². The third-order valence-electron chi connectivity index (χ3n) is 6.55. The lowest BCUT2D eigenvalue weighted by atomic mass is 10.00. The Labute approximate surface area is 242 Å². The highest BCUT2D eigenvalue weighted by molar-refractivity contribution is 7.87. The third kappa shape index (κ3) is 6.26. The van der Waals surface area contributed by atoms with Crippen LogP contribution in [-0.2, 0) is 25.0 Å². The molecule has 42 heavy (non-hydrogen) atoms. The van der Waals surface area contributed by atoms with E-state index in [0.717, 1.165) is 34.4 Å². The molecule has 6 N–H and O–H groups in total. The number of azo groups is 1. The number of phenols is 1. The number of nitrogen functional groups attached to an aromatic ring is 1. The number of benzene rings is 4. The molecule has 4 aromatic rings. The van der Waals surface area contributed by atoms with Crippen LogP contribution in [0.25, 0.3) is 21.9 Å². The molecule has 0 saturated carbocycles. The summed E-state index contributed by atoms with van der Waals surface area (Å²) in [5.74, 6) is -0.753. The number of nitrogens with zero attached hydrogens (tertiary/aromatic N) is 2. The lowest BCUT2D eigenvalue weighted by Crippen LogP contribution is -2.11. The third-order valence-corrected chi connectivity index (χ3v) is 8.34. The molecule has 0 spiro atoms. The largest absolute Gasteiger partial charge is 0.505 e. The van der Waals surface area contributed by atoms with Crippen LogP contribution in [-0.4, -0.2) is 37.0 Å². The maximum Gasteiger partial charge on any atom is 0.296 e. The first-order valence-electron chi connectivity index (χ1n) is 12.6. The van der Waals surface area contributed by atoms with Gasteiger partial charge in [0.1, 0.15) is 15.5 Å². The molecule has 0 atom stereocenters. The van der Waals surface area contributed by atoms with Gasteiger partial charge in [0, 0.05) is 17.5 Å². The van der Waals surface area contributed by atoms with Crippen molar-refractivity contribution in [1.82, 2.24) is 0 Å². The number of carbonyl (C=O) groups is 1. The predicted molar refractivity (Wildman–Crippen MR) is 159 cm³/mol. The minimum Gasteiger partial charge on any atom is -0.505 e. The summed E-state index contributed by atoms with van der Waals surface area (Å²) in [5.41, 5.74) is 9.68. The molecular weight excluding hydrogens is 584 g/mol. The van der Waals surface area contributed by atoms with Crippen molar-refractivity contribution in [2.75, 3.05) is 11.1 Å². The number of carbonyl (C=O) groups excluding carboxylic acids is 1. The van der Waals surface area contributed by atoms with E-state index in [1.165, 1.54) is 12.1 Å². The van der Waals surface area contributed by atoms with Crippen molar-refractivity contribution in [2.45, 2.75) is 43.4 Å². The lowest BCUT2D eigenvalue weighted by Gasteiger charge is -2.13. The Kier molecular flexibility index (Phi) is 8.36. The van der Waals surface area contributed by atoms with Gasteiger partial charge in [-0.2, -0.15) is 21.9 Å². The van der Waals surface area contributed by atoms with E-state index < -0.39 is 46.9 Å². The van der Waals surface area contributed by atoms with Gasteiger partial charge >= 0.3 is 0 Å². The molecule has 0 heterocycles. The van der Waals surface area contributed by atoms with E-state index in [1.54, 1.807) is 13.0 Å². The number of phenolic OH excluding ortho intramolecular Hbond substituents is 1. The van der Waals surface area contributed by atoms with Crippen molar-refractivity contribution in [2.24, 2.45) is 10.2 Å². The zero-order valence-corrected chi connectivity index (χ0v) is 24.4. The van der Waals surface area contributed by atoms with E-state index >= 15 is 0 Å². The van der Waals surface area contributed by atoms with Crippen LogP contribution in [0.2, 0.25) is 0 Å². The summed E-state index contributed by atoms with van der Waals surface area (Å²) in [6, 6.07) is 14.0. The summed E-state index contributed by atoms with van der Waals surface area (Å²) in [4.78, 5) is 10.1. The van der Waals surface area contributed by atoms with Gasteiger partial charge < -0.3 is 16.2 Å². The Hall–Kier alpha value is -4.37. The molecule has 0 radical (unpaired) electrons. The molecule has 0 aliphatic rings. The molecule has 14 heteroatoms. The van der Waals surface area contributed by atoms with Gasteiger partial charge in [-0.1, -0.05) is 25.1 Å². The lowest BCUT2D eigenvalue weighted by molar-refractivity contribution is -0.116.